The van der Waals surface area contributed by atoms with E-state index in [9.17, 15) is 4.79 Å². The summed E-state index contributed by atoms with van der Waals surface area (Å²) >= 11 is 1.56. The number of hydrogen-bond donors (Lipinski definition) is 1. The fourth-order valence-corrected chi connectivity index (χ4v) is 5.09. The molecule has 0 spiro atoms. The molecule has 0 saturated carbocycles. The third-order valence-corrected chi connectivity index (χ3v) is 6.65. The molecule has 0 amide bonds. The lowest BCUT2D eigenvalue weighted by Gasteiger charge is -2.27. The van der Waals surface area contributed by atoms with E-state index in [-0.39, 0.29) is 5.56 Å². The molecule has 4 heterocycles. The van der Waals surface area contributed by atoms with Crippen molar-refractivity contribution in [1.29, 1.82) is 0 Å². The van der Waals surface area contributed by atoms with Gasteiger partial charge >= 0.3 is 0 Å². The molecule has 5 rings (SSSR count). The van der Waals surface area contributed by atoms with Gasteiger partial charge in [0.25, 0.3) is 5.56 Å². The maximum atomic E-state index is 12.7. The molecule has 0 atom stereocenters. The number of H-pyrrole nitrogens is 1. The summed E-state index contributed by atoms with van der Waals surface area (Å²) in [6.45, 7) is 4.17. The zero-order valence-corrected chi connectivity index (χ0v) is 17.0. The Morgan fingerprint density at radius 1 is 1.14 bits per heavy atom. The van der Waals surface area contributed by atoms with Gasteiger partial charge in [-0.3, -0.25) is 9.48 Å². The SMILES string of the molecule is Cc1cc(-c2nc3sc(C4CCN(C)CC4)nc3c(=O)[nH]2)cc2cn(C)nc12. The van der Waals surface area contributed by atoms with E-state index in [2.05, 4.69) is 27.0 Å². The van der Waals surface area contributed by atoms with Gasteiger partial charge in [-0.1, -0.05) is 11.3 Å². The van der Waals surface area contributed by atoms with Gasteiger partial charge in [0, 0.05) is 30.1 Å². The molecular weight excluding hydrogens is 372 g/mol. The molecule has 3 aromatic heterocycles. The molecule has 4 aromatic rings. The van der Waals surface area contributed by atoms with Gasteiger partial charge in [0.05, 0.1) is 10.5 Å². The fourth-order valence-electron chi connectivity index (χ4n) is 3.98. The maximum Gasteiger partial charge on any atom is 0.278 e. The quantitative estimate of drug-likeness (QED) is 0.565. The molecule has 1 N–H and O–H groups in total. The van der Waals surface area contributed by atoms with Crippen LogP contribution in [0, 0.1) is 6.92 Å². The van der Waals surface area contributed by atoms with Crippen molar-refractivity contribution < 1.29 is 0 Å². The van der Waals surface area contributed by atoms with E-state index < -0.39 is 0 Å². The van der Waals surface area contributed by atoms with Gasteiger partial charge in [-0.25, -0.2) is 9.97 Å². The van der Waals surface area contributed by atoms with Crippen molar-refractivity contribution in [3.05, 3.63) is 39.3 Å². The summed E-state index contributed by atoms with van der Waals surface area (Å²) < 4.78 is 1.80. The molecule has 144 valence electrons. The third-order valence-electron chi connectivity index (χ3n) is 5.54. The lowest BCUT2D eigenvalue weighted by Crippen LogP contribution is -2.29. The molecular formula is C20H22N6OS. The second-order valence-corrected chi connectivity index (χ2v) is 8.74. The summed E-state index contributed by atoms with van der Waals surface area (Å²) in [6.07, 6.45) is 4.14. The normalized spacial score (nSPS) is 16.4. The highest BCUT2D eigenvalue weighted by atomic mass is 32.1. The summed E-state index contributed by atoms with van der Waals surface area (Å²) in [5.41, 5.74) is 3.22. The molecule has 8 heteroatoms. The van der Waals surface area contributed by atoms with Crippen LogP contribution in [0.1, 0.15) is 29.3 Å². The number of aromatic amines is 1. The number of aromatic nitrogens is 5. The standard InChI is InChI=1S/C20H22N6OS/c1-11-8-13(9-14-10-26(3)24-15(11)14)17-22-18(27)16-20(23-17)28-19(21-16)12-4-6-25(2)7-5-12/h8-10,12H,4-7H2,1-3H3,(H,22,23,27). The van der Waals surface area contributed by atoms with E-state index in [1.807, 2.05) is 32.3 Å². The number of rotatable bonds is 2. The van der Waals surface area contributed by atoms with E-state index in [1.54, 1.807) is 16.0 Å². The van der Waals surface area contributed by atoms with Gasteiger partial charge in [-0.05, 0) is 57.6 Å². The number of nitrogens with zero attached hydrogens (tertiary/aromatic N) is 5. The van der Waals surface area contributed by atoms with E-state index >= 15 is 0 Å². The zero-order valence-electron chi connectivity index (χ0n) is 16.2. The van der Waals surface area contributed by atoms with Crippen molar-refractivity contribution >= 4 is 32.6 Å². The minimum absolute atomic E-state index is 0.167. The maximum absolute atomic E-state index is 12.7. The first-order valence-electron chi connectivity index (χ1n) is 9.51. The molecule has 0 bridgehead atoms. The minimum Gasteiger partial charge on any atom is -0.306 e. The molecule has 7 nitrogen and oxygen atoms in total. The Morgan fingerprint density at radius 3 is 2.71 bits per heavy atom. The predicted octanol–water partition coefficient (Wildman–Crippen LogP) is 3.05. The van der Waals surface area contributed by atoms with Gasteiger partial charge in [-0.2, -0.15) is 5.10 Å². The summed E-state index contributed by atoms with van der Waals surface area (Å²) in [4.78, 5) is 28.1. The molecule has 1 aromatic carbocycles. The first-order valence-corrected chi connectivity index (χ1v) is 10.3. The lowest BCUT2D eigenvalue weighted by atomic mass is 9.98. The Labute approximate surface area is 166 Å². The first kappa shape index (κ1) is 17.5. The van der Waals surface area contributed by atoms with E-state index in [4.69, 9.17) is 4.98 Å². The lowest BCUT2D eigenvalue weighted by molar-refractivity contribution is 0.255. The number of fused-ring (bicyclic) bond motifs is 2. The Bertz CT molecular complexity index is 1250. The first-order chi connectivity index (χ1) is 13.5. The van der Waals surface area contributed by atoms with Crippen molar-refractivity contribution in [2.24, 2.45) is 7.05 Å². The van der Waals surface area contributed by atoms with E-state index in [0.717, 1.165) is 57.8 Å². The van der Waals surface area contributed by atoms with Gasteiger partial charge in [0.2, 0.25) is 0 Å². The third kappa shape index (κ3) is 2.93. The molecule has 1 fully saturated rings. The van der Waals surface area contributed by atoms with Crippen LogP contribution < -0.4 is 5.56 Å². The van der Waals surface area contributed by atoms with Crippen molar-refractivity contribution in [2.45, 2.75) is 25.7 Å². The summed E-state index contributed by atoms with van der Waals surface area (Å²) in [5, 5.41) is 6.57. The van der Waals surface area contributed by atoms with Gasteiger partial charge in [0.1, 0.15) is 5.82 Å². The summed E-state index contributed by atoms with van der Waals surface area (Å²) in [5.74, 6) is 1.01. The zero-order chi connectivity index (χ0) is 19.4. The minimum atomic E-state index is -0.167. The largest absolute Gasteiger partial charge is 0.306 e. The summed E-state index contributed by atoms with van der Waals surface area (Å²) in [7, 11) is 4.06. The van der Waals surface area contributed by atoms with Gasteiger partial charge in [0.15, 0.2) is 10.3 Å². The molecule has 1 aliphatic rings. The molecule has 0 radical (unpaired) electrons. The Kier molecular flexibility index (Phi) is 4.06. The molecule has 1 saturated heterocycles. The van der Waals surface area contributed by atoms with Crippen LogP contribution >= 0.6 is 11.3 Å². The Morgan fingerprint density at radius 2 is 1.93 bits per heavy atom. The van der Waals surface area contributed by atoms with Crippen molar-refractivity contribution in [2.75, 3.05) is 20.1 Å². The van der Waals surface area contributed by atoms with Crippen LogP contribution in [0.3, 0.4) is 0 Å². The van der Waals surface area contributed by atoms with E-state index in [0.29, 0.717) is 17.3 Å². The highest BCUT2D eigenvalue weighted by molar-refractivity contribution is 7.18. The van der Waals surface area contributed by atoms with Gasteiger partial charge < -0.3 is 9.88 Å². The molecule has 1 aliphatic heterocycles. The van der Waals surface area contributed by atoms with Crippen LogP contribution in [0.4, 0.5) is 0 Å². The topological polar surface area (TPSA) is 79.7 Å². The average Bonchev–Trinajstić information content (AvgIpc) is 3.26. The number of piperidine rings is 1. The number of benzene rings is 1. The molecule has 0 unspecified atom stereocenters. The van der Waals surface area contributed by atoms with E-state index in [1.165, 1.54) is 0 Å². The smallest absolute Gasteiger partial charge is 0.278 e. The second-order valence-electron chi connectivity index (χ2n) is 7.73. The Hall–Kier alpha value is -2.58. The van der Waals surface area contributed by atoms with Crippen molar-refractivity contribution in [1.82, 2.24) is 29.6 Å². The molecule has 28 heavy (non-hydrogen) atoms. The second kappa shape index (κ2) is 6.49. The number of nitrogens with one attached hydrogen (secondary N) is 1. The van der Waals surface area contributed by atoms with Crippen molar-refractivity contribution in [3.63, 3.8) is 0 Å². The van der Waals surface area contributed by atoms with Crippen LogP contribution in [0.15, 0.2) is 23.1 Å². The number of likely N-dealkylation sites (tertiary alicyclic amines) is 1. The number of thiazole rings is 1. The highest BCUT2D eigenvalue weighted by Crippen LogP contribution is 2.33. The summed E-state index contributed by atoms with van der Waals surface area (Å²) in [6, 6.07) is 4.05. The van der Waals surface area contributed by atoms with Crippen LogP contribution in [-0.2, 0) is 7.05 Å². The van der Waals surface area contributed by atoms with Crippen LogP contribution in [0.25, 0.3) is 32.6 Å². The number of aryl methyl sites for hydroxylation is 2. The van der Waals surface area contributed by atoms with Gasteiger partial charge in [-0.15, -0.1) is 0 Å². The van der Waals surface area contributed by atoms with Crippen LogP contribution in [-0.4, -0.2) is 49.8 Å². The van der Waals surface area contributed by atoms with Crippen LogP contribution in [0.5, 0.6) is 0 Å². The Balaban J connectivity index is 1.58. The highest BCUT2D eigenvalue weighted by Gasteiger charge is 2.23. The average molecular weight is 395 g/mol. The predicted molar refractivity (Wildman–Crippen MR) is 112 cm³/mol. The van der Waals surface area contributed by atoms with Crippen LogP contribution in [0.2, 0.25) is 0 Å². The monoisotopic (exact) mass is 394 g/mol. The molecule has 0 aliphatic carbocycles. The number of hydrogen-bond acceptors (Lipinski definition) is 6. The fraction of sp³-hybridized carbons (Fsp3) is 0.400. The van der Waals surface area contributed by atoms with Crippen molar-refractivity contribution in [3.8, 4) is 11.4 Å².